The highest BCUT2D eigenvalue weighted by atomic mass is 16.2. The molecule has 9 heteroatoms. The molecule has 0 aliphatic heterocycles. The topological polar surface area (TPSA) is 125 Å². The number of rotatable bonds is 5. The molecule has 3 N–H and O–H groups in total. The van der Waals surface area contributed by atoms with Crippen LogP contribution in [0.2, 0.25) is 0 Å². The SMILES string of the molecule is Cc1cc(=O)n(CC(=O)Nc2ccc(C(N)=O)cc2)c(-n2nc(C)cc2C)n1. The lowest BCUT2D eigenvalue weighted by molar-refractivity contribution is -0.116. The van der Waals surface area contributed by atoms with Gasteiger partial charge in [-0.05, 0) is 51.1 Å². The molecule has 0 aliphatic carbocycles. The van der Waals surface area contributed by atoms with Crippen LogP contribution in [-0.2, 0) is 11.3 Å². The van der Waals surface area contributed by atoms with Crippen LogP contribution in [0.1, 0.15) is 27.4 Å². The second-order valence-corrected chi connectivity index (χ2v) is 6.45. The van der Waals surface area contributed by atoms with Crippen molar-refractivity contribution in [3.63, 3.8) is 0 Å². The number of hydrogen-bond acceptors (Lipinski definition) is 5. The average molecular weight is 380 g/mol. The number of aromatic nitrogens is 4. The molecule has 2 heterocycles. The first-order valence-corrected chi connectivity index (χ1v) is 8.56. The maximum atomic E-state index is 12.5. The molecule has 0 saturated carbocycles. The number of hydrogen-bond donors (Lipinski definition) is 2. The van der Waals surface area contributed by atoms with Gasteiger partial charge in [-0.2, -0.15) is 5.10 Å². The normalized spacial score (nSPS) is 10.7. The lowest BCUT2D eigenvalue weighted by atomic mass is 10.2. The molecule has 2 aromatic heterocycles. The predicted octanol–water partition coefficient (Wildman–Crippen LogP) is 1.09. The van der Waals surface area contributed by atoms with Crippen molar-refractivity contribution in [1.29, 1.82) is 0 Å². The van der Waals surface area contributed by atoms with Crippen LogP contribution in [0.5, 0.6) is 0 Å². The van der Waals surface area contributed by atoms with E-state index in [1.54, 1.807) is 23.7 Å². The lowest BCUT2D eigenvalue weighted by Gasteiger charge is -2.13. The Labute approximate surface area is 160 Å². The smallest absolute Gasteiger partial charge is 0.255 e. The zero-order valence-corrected chi connectivity index (χ0v) is 15.8. The molecule has 0 bridgehead atoms. The summed E-state index contributed by atoms with van der Waals surface area (Å²) in [5.41, 5.74) is 7.78. The first-order valence-electron chi connectivity index (χ1n) is 8.56. The molecular formula is C19H20N6O3. The standard InChI is InChI=1S/C19H20N6O3/c1-11-9-17(27)24(19(21-11)25-13(3)8-12(2)23-25)10-16(26)22-15-6-4-14(5-7-15)18(20)28/h4-9H,10H2,1-3H3,(H2,20,28)(H,22,26). The Kier molecular flexibility index (Phi) is 5.08. The van der Waals surface area contributed by atoms with Crippen LogP contribution in [0.4, 0.5) is 5.69 Å². The third-order valence-electron chi connectivity index (χ3n) is 4.07. The van der Waals surface area contributed by atoms with Gasteiger partial charge in [0, 0.05) is 28.7 Å². The molecule has 3 aromatic rings. The quantitative estimate of drug-likeness (QED) is 0.685. The fourth-order valence-corrected chi connectivity index (χ4v) is 2.81. The highest BCUT2D eigenvalue weighted by Crippen LogP contribution is 2.11. The van der Waals surface area contributed by atoms with E-state index in [1.807, 2.05) is 19.9 Å². The molecule has 28 heavy (non-hydrogen) atoms. The molecule has 0 aliphatic rings. The molecule has 0 unspecified atom stereocenters. The molecule has 0 fully saturated rings. The first-order chi connectivity index (χ1) is 13.2. The van der Waals surface area contributed by atoms with Crippen molar-refractivity contribution in [2.24, 2.45) is 5.73 Å². The number of aryl methyl sites for hydroxylation is 3. The summed E-state index contributed by atoms with van der Waals surface area (Å²) in [7, 11) is 0. The summed E-state index contributed by atoms with van der Waals surface area (Å²) in [4.78, 5) is 40.5. The number of carbonyl (C=O) groups is 2. The van der Waals surface area contributed by atoms with Crippen LogP contribution in [0.25, 0.3) is 5.95 Å². The number of primary amides is 1. The van der Waals surface area contributed by atoms with E-state index in [2.05, 4.69) is 15.4 Å². The molecule has 9 nitrogen and oxygen atoms in total. The van der Waals surface area contributed by atoms with E-state index < -0.39 is 11.8 Å². The van der Waals surface area contributed by atoms with E-state index >= 15 is 0 Å². The average Bonchev–Trinajstić information content (AvgIpc) is 2.95. The number of nitrogens with one attached hydrogen (secondary N) is 1. The maximum Gasteiger partial charge on any atom is 0.255 e. The zero-order chi connectivity index (χ0) is 20.4. The van der Waals surface area contributed by atoms with Crippen LogP contribution >= 0.6 is 0 Å². The molecule has 1 aromatic carbocycles. The Hall–Kier alpha value is -3.75. The molecule has 0 saturated heterocycles. The van der Waals surface area contributed by atoms with Gasteiger partial charge >= 0.3 is 0 Å². The fraction of sp³-hybridized carbons (Fsp3) is 0.211. The minimum Gasteiger partial charge on any atom is -0.366 e. The number of amides is 2. The molecular weight excluding hydrogens is 360 g/mol. The third-order valence-corrected chi connectivity index (χ3v) is 4.07. The van der Waals surface area contributed by atoms with E-state index in [-0.39, 0.29) is 18.1 Å². The van der Waals surface area contributed by atoms with Crippen LogP contribution in [0.15, 0.2) is 41.2 Å². The third kappa shape index (κ3) is 3.98. The molecule has 144 valence electrons. The van der Waals surface area contributed by atoms with Crippen molar-refractivity contribution in [3.05, 3.63) is 69.4 Å². The molecule has 2 amide bonds. The van der Waals surface area contributed by atoms with Gasteiger partial charge in [-0.25, -0.2) is 9.67 Å². The summed E-state index contributed by atoms with van der Waals surface area (Å²) < 4.78 is 2.80. The summed E-state index contributed by atoms with van der Waals surface area (Å²) >= 11 is 0. The van der Waals surface area contributed by atoms with Gasteiger partial charge in [0.2, 0.25) is 17.8 Å². The van der Waals surface area contributed by atoms with E-state index in [0.717, 1.165) is 11.4 Å². The van der Waals surface area contributed by atoms with Crippen molar-refractivity contribution in [3.8, 4) is 5.95 Å². The van der Waals surface area contributed by atoms with E-state index in [0.29, 0.717) is 16.9 Å². The summed E-state index contributed by atoms with van der Waals surface area (Å²) in [6, 6.07) is 9.38. The lowest BCUT2D eigenvalue weighted by Crippen LogP contribution is -2.32. The number of anilines is 1. The van der Waals surface area contributed by atoms with Crippen molar-refractivity contribution < 1.29 is 9.59 Å². The predicted molar refractivity (Wildman–Crippen MR) is 103 cm³/mol. The van der Waals surface area contributed by atoms with Crippen LogP contribution < -0.4 is 16.6 Å². The van der Waals surface area contributed by atoms with Gasteiger partial charge in [-0.15, -0.1) is 0 Å². The summed E-state index contributed by atoms with van der Waals surface area (Å²) in [5, 5.41) is 7.05. The van der Waals surface area contributed by atoms with Gasteiger partial charge in [0.05, 0.1) is 5.69 Å². The summed E-state index contributed by atoms with van der Waals surface area (Å²) in [6.45, 7) is 5.15. The second-order valence-electron chi connectivity index (χ2n) is 6.45. The van der Waals surface area contributed by atoms with Crippen molar-refractivity contribution in [1.82, 2.24) is 19.3 Å². The Bertz CT molecular complexity index is 1110. The minimum absolute atomic E-state index is 0.239. The Morgan fingerprint density at radius 3 is 2.32 bits per heavy atom. The molecule has 0 atom stereocenters. The van der Waals surface area contributed by atoms with Gasteiger partial charge in [-0.3, -0.25) is 19.0 Å². The van der Waals surface area contributed by atoms with Crippen LogP contribution in [0, 0.1) is 20.8 Å². The fourth-order valence-electron chi connectivity index (χ4n) is 2.81. The Balaban J connectivity index is 1.89. The van der Waals surface area contributed by atoms with E-state index in [1.165, 1.54) is 22.8 Å². The van der Waals surface area contributed by atoms with Crippen molar-refractivity contribution in [2.75, 3.05) is 5.32 Å². The highest BCUT2D eigenvalue weighted by molar-refractivity contribution is 5.94. The van der Waals surface area contributed by atoms with Gasteiger partial charge in [0.1, 0.15) is 6.54 Å². The van der Waals surface area contributed by atoms with Crippen molar-refractivity contribution >= 4 is 17.5 Å². The monoisotopic (exact) mass is 380 g/mol. The number of nitrogens with two attached hydrogens (primary N) is 1. The number of nitrogens with zero attached hydrogens (tertiary/aromatic N) is 4. The van der Waals surface area contributed by atoms with Gasteiger partial charge in [-0.1, -0.05) is 0 Å². The number of benzene rings is 1. The van der Waals surface area contributed by atoms with Gasteiger partial charge in [0.25, 0.3) is 5.56 Å². The zero-order valence-electron chi connectivity index (χ0n) is 15.8. The number of carbonyl (C=O) groups excluding carboxylic acids is 2. The molecule has 0 radical (unpaired) electrons. The highest BCUT2D eigenvalue weighted by Gasteiger charge is 2.16. The maximum absolute atomic E-state index is 12.5. The minimum atomic E-state index is -0.551. The molecule has 0 spiro atoms. The van der Waals surface area contributed by atoms with Gasteiger partial charge in [0.15, 0.2) is 0 Å². The van der Waals surface area contributed by atoms with Crippen LogP contribution in [0.3, 0.4) is 0 Å². The van der Waals surface area contributed by atoms with Gasteiger partial charge < -0.3 is 11.1 Å². The summed E-state index contributed by atoms with van der Waals surface area (Å²) in [5.74, 6) is -0.693. The second kappa shape index (κ2) is 7.47. The largest absolute Gasteiger partial charge is 0.366 e. The Morgan fingerprint density at radius 1 is 1.07 bits per heavy atom. The van der Waals surface area contributed by atoms with Crippen molar-refractivity contribution in [2.45, 2.75) is 27.3 Å². The molecule has 3 rings (SSSR count). The van der Waals surface area contributed by atoms with Crippen LogP contribution in [-0.4, -0.2) is 31.1 Å². The Morgan fingerprint density at radius 2 is 1.75 bits per heavy atom. The summed E-state index contributed by atoms with van der Waals surface area (Å²) in [6.07, 6.45) is 0. The van der Waals surface area contributed by atoms with E-state index in [9.17, 15) is 14.4 Å². The first kappa shape index (κ1) is 19.0. The van der Waals surface area contributed by atoms with E-state index in [4.69, 9.17) is 5.73 Å².